The second kappa shape index (κ2) is 6.26. The van der Waals surface area contributed by atoms with E-state index in [0.717, 1.165) is 11.1 Å². The zero-order chi connectivity index (χ0) is 15.4. The van der Waals surface area contributed by atoms with Crippen LogP contribution in [0.1, 0.15) is 17.2 Å². The number of benzene rings is 2. The van der Waals surface area contributed by atoms with E-state index in [1.54, 1.807) is 0 Å². The van der Waals surface area contributed by atoms with Gasteiger partial charge in [-0.3, -0.25) is 9.79 Å². The van der Waals surface area contributed by atoms with E-state index in [1.807, 2.05) is 60.7 Å². The first-order valence-electron chi connectivity index (χ1n) is 7.09. The number of aliphatic imine (C=N–C) groups is 1. The monoisotopic (exact) mass is 292 g/mol. The lowest BCUT2D eigenvalue weighted by atomic mass is 9.99. The summed E-state index contributed by atoms with van der Waals surface area (Å²) in [6.07, 6.45) is 1.46. The van der Waals surface area contributed by atoms with E-state index in [1.165, 1.54) is 6.21 Å². The number of nitrogens with zero attached hydrogens (tertiary/aromatic N) is 1. The Labute approximate surface area is 128 Å². The number of amides is 1. The molecule has 4 nitrogen and oxygen atoms in total. The summed E-state index contributed by atoms with van der Waals surface area (Å²) in [5, 5.41) is 12.3. The lowest BCUT2D eigenvalue weighted by Crippen LogP contribution is -2.18. The Morgan fingerprint density at radius 3 is 2.00 bits per heavy atom. The number of aliphatic hydroxyl groups is 1. The first-order valence-corrected chi connectivity index (χ1v) is 7.09. The molecule has 3 rings (SSSR count). The van der Waals surface area contributed by atoms with Crippen molar-refractivity contribution < 1.29 is 9.90 Å². The molecule has 110 valence electrons. The van der Waals surface area contributed by atoms with Gasteiger partial charge in [-0.1, -0.05) is 60.7 Å². The van der Waals surface area contributed by atoms with Crippen LogP contribution < -0.4 is 5.32 Å². The Morgan fingerprint density at radius 2 is 1.55 bits per heavy atom. The average molecular weight is 292 g/mol. The number of aliphatic hydroxyl groups excluding tert-OH is 1. The molecule has 0 aliphatic carbocycles. The number of hydrogen-bond donors (Lipinski definition) is 2. The van der Waals surface area contributed by atoms with Crippen LogP contribution in [0.3, 0.4) is 0 Å². The Balaban J connectivity index is 1.97. The molecule has 0 aromatic heterocycles. The smallest absolute Gasteiger partial charge is 0.256 e. The number of rotatable bonds is 4. The molecule has 0 bridgehead atoms. The van der Waals surface area contributed by atoms with E-state index in [-0.39, 0.29) is 29.8 Å². The molecule has 2 aromatic carbocycles. The molecule has 1 heterocycles. The van der Waals surface area contributed by atoms with Gasteiger partial charge in [0.05, 0.1) is 18.2 Å². The molecule has 0 fully saturated rings. The van der Waals surface area contributed by atoms with Gasteiger partial charge in [0.2, 0.25) is 0 Å². The molecule has 0 atom stereocenters. The van der Waals surface area contributed by atoms with Crippen molar-refractivity contribution in [3.8, 4) is 0 Å². The fraction of sp³-hybridized carbons (Fsp3) is 0.111. The second-order valence-electron chi connectivity index (χ2n) is 5.05. The summed E-state index contributed by atoms with van der Waals surface area (Å²) in [5.41, 5.74) is 2.30. The van der Waals surface area contributed by atoms with Crippen LogP contribution in [-0.4, -0.2) is 23.8 Å². The van der Waals surface area contributed by atoms with Crippen LogP contribution in [0.2, 0.25) is 0 Å². The van der Waals surface area contributed by atoms with Crippen LogP contribution >= 0.6 is 0 Å². The molecule has 1 aliphatic heterocycles. The number of carbonyl (C=O) groups excluding carboxylic acids is 1. The van der Waals surface area contributed by atoms with Crippen molar-refractivity contribution in [3.63, 3.8) is 0 Å². The molecule has 22 heavy (non-hydrogen) atoms. The standard InChI is InChI=1S/C18H16N2O2/c21-16-12-20-18(22)15(16)11-19-17(13-7-3-1-4-8-13)14-9-5-2-6-10-14/h1-11,17,21H,12H2,(H,20,22). The molecule has 2 aromatic rings. The van der Waals surface area contributed by atoms with Gasteiger partial charge in [0.25, 0.3) is 5.91 Å². The van der Waals surface area contributed by atoms with Crippen LogP contribution in [0.5, 0.6) is 0 Å². The van der Waals surface area contributed by atoms with Gasteiger partial charge in [-0.2, -0.15) is 0 Å². The third-order valence-electron chi connectivity index (χ3n) is 3.56. The minimum atomic E-state index is -0.291. The van der Waals surface area contributed by atoms with Gasteiger partial charge in [-0.05, 0) is 11.1 Å². The molecule has 4 heteroatoms. The minimum Gasteiger partial charge on any atom is -0.510 e. The highest BCUT2D eigenvalue weighted by molar-refractivity contribution is 6.14. The Kier molecular flexibility index (Phi) is 4.01. The van der Waals surface area contributed by atoms with Gasteiger partial charge in [-0.15, -0.1) is 0 Å². The van der Waals surface area contributed by atoms with Crippen molar-refractivity contribution in [1.82, 2.24) is 5.32 Å². The maximum Gasteiger partial charge on any atom is 0.256 e. The number of carbonyl (C=O) groups is 1. The van der Waals surface area contributed by atoms with E-state index < -0.39 is 0 Å². The summed E-state index contributed by atoms with van der Waals surface area (Å²) < 4.78 is 0. The molecule has 0 unspecified atom stereocenters. The van der Waals surface area contributed by atoms with E-state index >= 15 is 0 Å². The van der Waals surface area contributed by atoms with Gasteiger partial charge in [0.1, 0.15) is 5.76 Å². The highest BCUT2D eigenvalue weighted by Gasteiger charge is 2.21. The van der Waals surface area contributed by atoms with Gasteiger partial charge in [0.15, 0.2) is 0 Å². The van der Waals surface area contributed by atoms with Gasteiger partial charge >= 0.3 is 0 Å². The summed E-state index contributed by atoms with van der Waals surface area (Å²) in [6, 6.07) is 19.5. The van der Waals surface area contributed by atoms with Crippen molar-refractivity contribution in [1.29, 1.82) is 0 Å². The normalized spacial score (nSPS) is 14.9. The van der Waals surface area contributed by atoms with Crippen LogP contribution in [0.25, 0.3) is 0 Å². The van der Waals surface area contributed by atoms with Crippen LogP contribution in [-0.2, 0) is 4.79 Å². The molecule has 0 saturated heterocycles. The summed E-state index contributed by atoms with van der Waals surface area (Å²) in [5.74, 6) is -0.255. The van der Waals surface area contributed by atoms with Crippen molar-refractivity contribution in [2.75, 3.05) is 6.54 Å². The van der Waals surface area contributed by atoms with Gasteiger partial charge < -0.3 is 10.4 Å². The van der Waals surface area contributed by atoms with Gasteiger partial charge in [-0.25, -0.2) is 0 Å². The number of hydrogen-bond acceptors (Lipinski definition) is 3. The van der Waals surface area contributed by atoms with Crippen molar-refractivity contribution >= 4 is 12.1 Å². The average Bonchev–Trinajstić information content (AvgIpc) is 2.89. The third kappa shape index (κ3) is 2.91. The minimum absolute atomic E-state index is 0.0358. The molecule has 2 N–H and O–H groups in total. The molecule has 0 saturated carbocycles. The fourth-order valence-corrected chi connectivity index (χ4v) is 2.40. The summed E-state index contributed by atoms with van der Waals surface area (Å²) in [4.78, 5) is 16.2. The first kappa shape index (κ1) is 14.1. The van der Waals surface area contributed by atoms with E-state index in [4.69, 9.17) is 0 Å². The molecular formula is C18H16N2O2. The fourth-order valence-electron chi connectivity index (χ4n) is 2.40. The predicted molar refractivity (Wildman–Crippen MR) is 85.9 cm³/mol. The van der Waals surface area contributed by atoms with Crippen molar-refractivity contribution in [2.24, 2.45) is 4.99 Å². The zero-order valence-corrected chi connectivity index (χ0v) is 11.9. The SMILES string of the molecule is O=C1NCC(O)=C1C=NC(c1ccccc1)c1ccccc1. The van der Waals surface area contributed by atoms with Crippen LogP contribution in [0.15, 0.2) is 77.0 Å². The van der Waals surface area contributed by atoms with E-state index in [2.05, 4.69) is 10.3 Å². The molecule has 1 amide bonds. The van der Waals surface area contributed by atoms with E-state index in [0.29, 0.717) is 0 Å². The Bertz CT molecular complexity index is 682. The maximum absolute atomic E-state index is 11.7. The Hall–Kier alpha value is -2.88. The highest BCUT2D eigenvalue weighted by Crippen LogP contribution is 2.26. The summed E-state index contributed by atoms with van der Waals surface area (Å²) in [6.45, 7) is 0.168. The zero-order valence-electron chi connectivity index (χ0n) is 11.9. The van der Waals surface area contributed by atoms with Crippen LogP contribution in [0.4, 0.5) is 0 Å². The Morgan fingerprint density at radius 1 is 1.00 bits per heavy atom. The molecule has 1 aliphatic rings. The van der Waals surface area contributed by atoms with Crippen molar-refractivity contribution in [2.45, 2.75) is 6.04 Å². The number of nitrogens with one attached hydrogen (secondary N) is 1. The molecule has 0 radical (unpaired) electrons. The summed E-state index contributed by atoms with van der Waals surface area (Å²) >= 11 is 0. The van der Waals surface area contributed by atoms with Crippen LogP contribution in [0, 0.1) is 0 Å². The van der Waals surface area contributed by atoms with Gasteiger partial charge in [0, 0.05) is 6.21 Å². The summed E-state index contributed by atoms with van der Waals surface area (Å²) in [7, 11) is 0. The topological polar surface area (TPSA) is 61.7 Å². The molecular weight excluding hydrogens is 276 g/mol. The lowest BCUT2D eigenvalue weighted by Gasteiger charge is -2.13. The first-order chi connectivity index (χ1) is 10.8. The third-order valence-corrected chi connectivity index (χ3v) is 3.56. The maximum atomic E-state index is 11.7. The second-order valence-corrected chi connectivity index (χ2v) is 5.05. The van der Waals surface area contributed by atoms with E-state index in [9.17, 15) is 9.90 Å². The lowest BCUT2D eigenvalue weighted by molar-refractivity contribution is -0.116. The van der Waals surface area contributed by atoms with Crippen molar-refractivity contribution in [3.05, 3.63) is 83.1 Å². The molecule has 0 spiro atoms. The highest BCUT2D eigenvalue weighted by atomic mass is 16.3. The quantitative estimate of drug-likeness (QED) is 0.851. The predicted octanol–water partition coefficient (Wildman–Crippen LogP) is 2.79. The largest absolute Gasteiger partial charge is 0.510 e.